The van der Waals surface area contributed by atoms with Gasteiger partial charge in [-0.2, -0.15) is 5.10 Å². The standard InChI is InChI=1S/C10H8Br2N2/c1-6-9(12)10(14-13-6)7-3-2-4-8(11)5-7/h2-5H,1H3,(H,13,14). The van der Waals surface area contributed by atoms with Gasteiger partial charge >= 0.3 is 0 Å². The number of benzene rings is 1. The Bertz CT molecular complexity index is 463. The van der Waals surface area contributed by atoms with E-state index < -0.39 is 0 Å². The Morgan fingerprint density at radius 2 is 2.07 bits per heavy atom. The van der Waals surface area contributed by atoms with Gasteiger partial charge in [0.05, 0.1) is 4.47 Å². The third kappa shape index (κ3) is 1.77. The number of aryl methyl sites for hydroxylation is 1. The summed E-state index contributed by atoms with van der Waals surface area (Å²) in [5.74, 6) is 0. The molecule has 1 N–H and O–H groups in total. The van der Waals surface area contributed by atoms with Crippen LogP contribution in [0.3, 0.4) is 0 Å². The lowest BCUT2D eigenvalue weighted by atomic mass is 10.1. The quantitative estimate of drug-likeness (QED) is 0.849. The van der Waals surface area contributed by atoms with Gasteiger partial charge in [0.2, 0.25) is 0 Å². The van der Waals surface area contributed by atoms with Crippen LogP contribution >= 0.6 is 31.9 Å². The highest BCUT2D eigenvalue weighted by molar-refractivity contribution is 9.11. The summed E-state index contributed by atoms with van der Waals surface area (Å²) in [6.07, 6.45) is 0. The van der Waals surface area contributed by atoms with Crippen molar-refractivity contribution in [3.05, 3.63) is 38.9 Å². The van der Waals surface area contributed by atoms with Crippen molar-refractivity contribution < 1.29 is 0 Å². The zero-order chi connectivity index (χ0) is 10.1. The molecule has 1 aromatic heterocycles. The number of nitrogens with zero attached hydrogens (tertiary/aromatic N) is 1. The molecule has 0 amide bonds. The average molecular weight is 316 g/mol. The largest absolute Gasteiger partial charge is 0.281 e. The van der Waals surface area contributed by atoms with Crippen LogP contribution in [0.25, 0.3) is 11.3 Å². The van der Waals surface area contributed by atoms with Gasteiger partial charge in [-0.25, -0.2) is 0 Å². The summed E-state index contributed by atoms with van der Waals surface area (Å²) in [5.41, 5.74) is 3.08. The Morgan fingerprint density at radius 3 is 2.64 bits per heavy atom. The predicted octanol–water partition coefficient (Wildman–Crippen LogP) is 3.91. The molecule has 72 valence electrons. The van der Waals surface area contributed by atoms with Gasteiger partial charge in [-0.1, -0.05) is 28.1 Å². The lowest BCUT2D eigenvalue weighted by molar-refractivity contribution is 1.05. The first-order valence-electron chi connectivity index (χ1n) is 4.15. The number of hydrogen-bond acceptors (Lipinski definition) is 1. The average Bonchev–Trinajstić information content (AvgIpc) is 2.48. The summed E-state index contributed by atoms with van der Waals surface area (Å²) in [6.45, 7) is 1.98. The van der Waals surface area contributed by atoms with E-state index in [1.165, 1.54) is 0 Å². The first-order chi connectivity index (χ1) is 6.68. The van der Waals surface area contributed by atoms with Gasteiger partial charge in [0, 0.05) is 15.7 Å². The summed E-state index contributed by atoms with van der Waals surface area (Å²) in [5, 5.41) is 7.18. The first kappa shape index (κ1) is 9.93. The molecule has 0 fully saturated rings. The SMILES string of the molecule is Cc1[nH]nc(-c2cccc(Br)c2)c1Br. The van der Waals surface area contributed by atoms with Gasteiger partial charge in [-0.05, 0) is 35.0 Å². The molecule has 0 unspecified atom stereocenters. The highest BCUT2D eigenvalue weighted by Gasteiger charge is 2.09. The smallest absolute Gasteiger partial charge is 0.107 e. The lowest BCUT2D eigenvalue weighted by Crippen LogP contribution is -1.78. The first-order valence-corrected chi connectivity index (χ1v) is 5.73. The normalized spacial score (nSPS) is 10.5. The van der Waals surface area contributed by atoms with Crippen LogP contribution in [0, 0.1) is 6.92 Å². The molecule has 2 nitrogen and oxygen atoms in total. The summed E-state index contributed by atoms with van der Waals surface area (Å²) in [6, 6.07) is 8.07. The van der Waals surface area contributed by atoms with Crippen LogP contribution in [0.4, 0.5) is 0 Å². The van der Waals surface area contributed by atoms with E-state index >= 15 is 0 Å². The zero-order valence-corrected chi connectivity index (χ0v) is 10.7. The van der Waals surface area contributed by atoms with E-state index in [4.69, 9.17) is 0 Å². The molecule has 0 aliphatic rings. The predicted molar refractivity (Wildman–Crippen MR) is 64.2 cm³/mol. The van der Waals surface area contributed by atoms with Crippen LogP contribution in [0.1, 0.15) is 5.69 Å². The lowest BCUT2D eigenvalue weighted by Gasteiger charge is -1.98. The summed E-state index contributed by atoms with van der Waals surface area (Å²) >= 11 is 6.94. The molecule has 0 aliphatic heterocycles. The minimum absolute atomic E-state index is 0.948. The van der Waals surface area contributed by atoms with Crippen LogP contribution in [-0.2, 0) is 0 Å². The Kier molecular flexibility index (Phi) is 2.74. The van der Waals surface area contributed by atoms with E-state index in [9.17, 15) is 0 Å². The molecule has 0 spiro atoms. The van der Waals surface area contributed by atoms with Crippen LogP contribution < -0.4 is 0 Å². The van der Waals surface area contributed by atoms with Crippen molar-refractivity contribution in [2.75, 3.05) is 0 Å². The van der Waals surface area contributed by atoms with Crippen molar-refractivity contribution in [2.45, 2.75) is 6.92 Å². The topological polar surface area (TPSA) is 28.7 Å². The number of rotatable bonds is 1. The minimum atomic E-state index is 0.948. The molecule has 0 atom stereocenters. The highest BCUT2D eigenvalue weighted by Crippen LogP contribution is 2.29. The molecule has 0 aliphatic carbocycles. The van der Waals surface area contributed by atoms with Gasteiger partial charge in [0.15, 0.2) is 0 Å². The Labute approximate surface area is 99.0 Å². The van der Waals surface area contributed by atoms with Crippen molar-refractivity contribution in [3.63, 3.8) is 0 Å². The fraction of sp³-hybridized carbons (Fsp3) is 0.100. The maximum Gasteiger partial charge on any atom is 0.107 e. The molecular formula is C10H8Br2N2. The minimum Gasteiger partial charge on any atom is -0.281 e. The van der Waals surface area contributed by atoms with Crippen LogP contribution in [-0.4, -0.2) is 10.2 Å². The summed E-state index contributed by atoms with van der Waals surface area (Å²) in [4.78, 5) is 0. The Morgan fingerprint density at radius 1 is 1.29 bits per heavy atom. The summed E-state index contributed by atoms with van der Waals surface area (Å²) in [7, 11) is 0. The van der Waals surface area contributed by atoms with Gasteiger partial charge in [0.1, 0.15) is 5.69 Å². The Hall–Kier alpha value is -0.610. The zero-order valence-electron chi connectivity index (χ0n) is 7.51. The molecule has 1 aromatic carbocycles. The molecule has 2 aromatic rings. The van der Waals surface area contributed by atoms with Crippen molar-refractivity contribution in [1.29, 1.82) is 0 Å². The fourth-order valence-electron chi connectivity index (χ4n) is 1.24. The molecule has 2 rings (SSSR count). The van der Waals surface area contributed by atoms with E-state index in [1.54, 1.807) is 0 Å². The van der Waals surface area contributed by atoms with Crippen LogP contribution in [0.15, 0.2) is 33.2 Å². The second-order valence-corrected chi connectivity index (χ2v) is 4.73. The van der Waals surface area contributed by atoms with Crippen molar-refractivity contribution in [1.82, 2.24) is 10.2 Å². The van der Waals surface area contributed by atoms with Crippen molar-refractivity contribution >= 4 is 31.9 Å². The molecule has 0 saturated heterocycles. The second kappa shape index (κ2) is 3.87. The van der Waals surface area contributed by atoms with Crippen LogP contribution in [0.5, 0.6) is 0 Å². The number of aromatic amines is 1. The Balaban J connectivity index is 2.55. The molecule has 14 heavy (non-hydrogen) atoms. The highest BCUT2D eigenvalue weighted by atomic mass is 79.9. The van der Waals surface area contributed by atoms with Gasteiger partial charge < -0.3 is 0 Å². The van der Waals surface area contributed by atoms with E-state index in [0.29, 0.717) is 0 Å². The maximum atomic E-state index is 4.23. The number of aromatic nitrogens is 2. The van der Waals surface area contributed by atoms with Crippen LogP contribution in [0.2, 0.25) is 0 Å². The fourth-order valence-corrected chi connectivity index (χ4v) is 2.05. The number of halogens is 2. The maximum absolute atomic E-state index is 4.23. The van der Waals surface area contributed by atoms with Crippen molar-refractivity contribution in [3.8, 4) is 11.3 Å². The molecule has 0 bridgehead atoms. The molecule has 0 radical (unpaired) electrons. The van der Waals surface area contributed by atoms with E-state index in [-0.39, 0.29) is 0 Å². The van der Waals surface area contributed by atoms with Crippen molar-refractivity contribution in [2.24, 2.45) is 0 Å². The molecule has 1 heterocycles. The molecular weight excluding hydrogens is 308 g/mol. The second-order valence-electron chi connectivity index (χ2n) is 3.02. The van der Waals surface area contributed by atoms with E-state index in [2.05, 4.69) is 42.1 Å². The third-order valence-electron chi connectivity index (χ3n) is 1.97. The number of H-pyrrole nitrogens is 1. The molecule has 4 heteroatoms. The van der Waals surface area contributed by atoms with Gasteiger partial charge in [-0.15, -0.1) is 0 Å². The van der Waals surface area contributed by atoms with E-state index in [1.807, 2.05) is 31.2 Å². The van der Waals surface area contributed by atoms with Gasteiger partial charge in [0.25, 0.3) is 0 Å². The monoisotopic (exact) mass is 314 g/mol. The number of nitrogens with one attached hydrogen (secondary N) is 1. The molecule has 0 saturated carbocycles. The van der Waals surface area contributed by atoms with Gasteiger partial charge in [-0.3, -0.25) is 5.10 Å². The number of hydrogen-bond donors (Lipinski definition) is 1. The van der Waals surface area contributed by atoms with E-state index in [0.717, 1.165) is 25.9 Å². The summed E-state index contributed by atoms with van der Waals surface area (Å²) < 4.78 is 2.08. The third-order valence-corrected chi connectivity index (χ3v) is 3.43.